The van der Waals surface area contributed by atoms with E-state index in [0.717, 1.165) is 0 Å². The van der Waals surface area contributed by atoms with Crippen molar-refractivity contribution in [2.75, 3.05) is 13.2 Å². The van der Waals surface area contributed by atoms with Crippen LogP contribution in [0.2, 0.25) is 0 Å². The predicted molar refractivity (Wildman–Crippen MR) is 55.7 cm³/mol. The lowest BCUT2D eigenvalue weighted by Crippen LogP contribution is -2.50. The van der Waals surface area contributed by atoms with Gasteiger partial charge in [0.15, 0.2) is 12.1 Å². The van der Waals surface area contributed by atoms with E-state index in [0.29, 0.717) is 13.2 Å². The van der Waals surface area contributed by atoms with Gasteiger partial charge in [-0.3, -0.25) is 0 Å². The molecule has 92 valence electrons. The molecule has 2 saturated heterocycles. The number of aliphatic hydroxyl groups is 1. The average molecular weight is 230 g/mol. The maximum atomic E-state index is 9.98. The molecule has 16 heavy (non-hydrogen) atoms. The van der Waals surface area contributed by atoms with Crippen LogP contribution in [-0.2, 0) is 18.9 Å². The number of rotatable bonds is 3. The molecular formula is C11H18O5. The van der Waals surface area contributed by atoms with Gasteiger partial charge in [-0.05, 0) is 13.8 Å². The normalized spacial score (nSPS) is 41.7. The second kappa shape index (κ2) is 4.43. The first-order valence-electron chi connectivity index (χ1n) is 5.41. The molecule has 2 fully saturated rings. The Bertz CT molecular complexity index is 265. The van der Waals surface area contributed by atoms with Crippen molar-refractivity contribution in [3.8, 4) is 0 Å². The minimum atomic E-state index is -0.784. The van der Waals surface area contributed by atoms with Crippen LogP contribution in [0.15, 0.2) is 12.7 Å². The highest BCUT2D eigenvalue weighted by Crippen LogP contribution is 2.33. The van der Waals surface area contributed by atoms with Crippen molar-refractivity contribution < 1.29 is 24.1 Å². The fourth-order valence-electron chi connectivity index (χ4n) is 1.93. The Morgan fingerprint density at radius 1 is 1.56 bits per heavy atom. The first-order chi connectivity index (χ1) is 7.53. The van der Waals surface area contributed by atoms with E-state index >= 15 is 0 Å². The Kier molecular flexibility index (Phi) is 3.32. The van der Waals surface area contributed by atoms with Crippen LogP contribution < -0.4 is 0 Å². The molecule has 0 aromatic heterocycles. The van der Waals surface area contributed by atoms with Gasteiger partial charge in [0, 0.05) is 0 Å². The lowest BCUT2D eigenvalue weighted by molar-refractivity contribution is -0.300. The Labute approximate surface area is 94.9 Å². The Morgan fingerprint density at radius 2 is 2.31 bits per heavy atom. The molecule has 0 amide bonds. The highest BCUT2D eigenvalue weighted by atomic mass is 16.8. The third-order valence-electron chi connectivity index (χ3n) is 2.68. The maximum Gasteiger partial charge on any atom is 0.187 e. The fraction of sp³-hybridized carbons (Fsp3) is 0.818. The maximum absolute atomic E-state index is 9.98. The molecule has 2 heterocycles. The highest BCUT2D eigenvalue weighted by molar-refractivity contribution is 4.92. The molecule has 0 spiro atoms. The van der Waals surface area contributed by atoms with E-state index in [2.05, 4.69) is 6.58 Å². The summed E-state index contributed by atoms with van der Waals surface area (Å²) in [5.41, 5.74) is 0. The molecule has 0 saturated carbocycles. The third-order valence-corrected chi connectivity index (χ3v) is 2.68. The van der Waals surface area contributed by atoms with Gasteiger partial charge >= 0.3 is 0 Å². The molecule has 0 aliphatic carbocycles. The molecule has 1 N–H and O–H groups in total. The zero-order valence-electron chi connectivity index (χ0n) is 9.59. The van der Waals surface area contributed by atoms with Crippen molar-refractivity contribution >= 4 is 0 Å². The third kappa shape index (κ3) is 2.28. The number of aliphatic hydroxyl groups excluding tert-OH is 1. The summed E-state index contributed by atoms with van der Waals surface area (Å²) in [5.74, 6) is -0.682. The second-order valence-electron chi connectivity index (χ2n) is 4.45. The van der Waals surface area contributed by atoms with Gasteiger partial charge in [-0.1, -0.05) is 6.08 Å². The SMILES string of the molecule is C=CCOC1O[C@@H]2COC(C)(C)O[C@@H]2[C@H]1O. The first-order valence-corrected chi connectivity index (χ1v) is 5.41. The van der Waals surface area contributed by atoms with Gasteiger partial charge in [-0.15, -0.1) is 6.58 Å². The van der Waals surface area contributed by atoms with E-state index in [1.807, 2.05) is 13.8 Å². The van der Waals surface area contributed by atoms with Gasteiger partial charge in [0.2, 0.25) is 0 Å². The van der Waals surface area contributed by atoms with Gasteiger partial charge < -0.3 is 24.1 Å². The van der Waals surface area contributed by atoms with E-state index in [1.54, 1.807) is 6.08 Å². The van der Waals surface area contributed by atoms with Crippen molar-refractivity contribution in [3.63, 3.8) is 0 Å². The molecule has 0 radical (unpaired) electrons. The standard InChI is InChI=1S/C11H18O5/c1-4-5-13-10-8(12)9-7(15-10)6-14-11(2,3)16-9/h4,7-10,12H,1,5-6H2,2-3H3/t7-,8-,9+,10?/m1/s1. The van der Waals surface area contributed by atoms with Crippen LogP contribution in [0.5, 0.6) is 0 Å². The van der Waals surface area contributed by atoms with Crippen molar-refractivity contribution in [1.82, 2.24) is 0 Å². The highest BCUT2D eigenvalue weighted by Gasteiger charge is 2.50. The molecule has 4 atom stereocenters. The number of ether oxygens (including phenoxy) is 4. The van der Waals surface area contributed by atoms with Crippen LogP contribution in [0.4, 0.5) is 0 Å². The van der Waals surface area contributed by atoms with Crippen molar-refractivity contribution in [2.24, 2.45) is 0 Å². The van der Waals surface area contributed by atoms with Gasteiger partial charge in [0.1, 0.15) is 18.3 Å². The van der Waals surface area contributed by atoms with Crippen LogP contribution >= 0.6 is 0 Å². The van der Waals surface area contributed by atoms with Crippen LogP contribution in [0.25, 0.3) is 0 Å². The van der Waals surface area contributed by atoms with Crippen molar-refractivity contribution in [1.29, 1.82) is 0 Å². The lowest BCUT2D eigenvalue weighted by Gasteiger charge is -2.37. The quantitative estimate of drug-likeness (QED) is 0.712. The predicted octanol–water partition coefficient (Wildman–Crippen LogP) is 0.426. The van der Waals surface area contributed by atoms with E-state index in [1.165, 1.54) is 0 Å². The van der Waals surface area contributed by atoms with E-state index < -0.39 is 24.3 Å². The van der Waals surface area contributed by atoms with Crippen LogP contribution in [-0.4, -0.2) is 48.7 Å². The largest absolute Gasteiger partial charge is 0.385 e. The molecule has 2 aliphatic heterocycles. The summed E-state index contributed by atoms with van der Waals surface area (Å²) >= 11 is 0. The van der Waals surface area contributed by atoms with E-state index in [-0.39, 0.29) is 6.10 Å². The Hall–Kier alpha value is -0.460. The summed E-state index contributed by atoms with van der Waals surface area (Å²) in [7, 11) is 0. The van der Waals surface area contributed by atoms with E-state index in [9.17, 15) is 5.11 Å². The molecule has 0 aromatic rings. The minimum Gasteiger partial charge on any atom is -0.385 e. The zero-order valence-corrected chi connectivity index (χ0v) is 9.59. The van der Waals surface area contributed by atoms with Crippen LogP contribution in [0, 0.1) is 0 Å². The number of hydrogen-bond acceptors (Lipinski definition) is 5. The summed E-state index contributed by atoms with van der Waals surface area (Å²) in [6, 6.07) is 0. The molecule has 5 heteroatoms. The van der Waals surface area contributed by atoms with Gasteiger partial charge in [-0.2, -0.15) is 0 Å². The molecule has 2 rings (SSSR count). The lowest BCUT2D eigenvalue weighted by atomic mass is 10.1. The van der Waals surface area contributed by atoms with Gasteiger partial charge in [0.05, 0.1) is 13.2 Å². The molecule has 1 unspecified atom stereocenters. The topological polar surface area (TPSA) is 57.2 Å². The number of hydrogen-bond donors (Lipinski definition) is 1. The van der Waals surface area contributed by atoms with Gasteiger partial charge in [-0.25, -0.2) is 0 Å². The monoisotopic (exact) mass is 230 g/mol. The Balaban J connectivity index is 1.98. The Morgan fingerprint density at radius 3 is 3.00 bits per heavy atom. The second-order valence-corrected chi connectivity index (χ2v) is 4.45. The molecule has 0 aromatic carbocycles. The van der Waals surface area contributed by atoms with E-state index in [4.69, 9.17) is 18.9 Å². The summed E-state index contributed by atoms with van der Waals surface area (Å²) in [6.45, 7) is 7.91. The zero-order chi connectivity index (χ0) is 11.8. The molecule has 5 nitrogen and oxygen atoms in total. The summed E-state index contributed by atoms with van der Waals surface area (Å²) in [6.07, 6.45) is -0.491. The number of fused-ring (bicyclic) bond motifs is 1. The van der Waals surface area contributed by atoms with Crippen LogP contribution in [0.3, 0.4) is 0 Å². The molecular weight excluding hydrogens is 212 g/mol. The molecule has 2 aliphatic rings. The van der Waals surface area contributed by atoms with Crippen LogP contribution in [0.1, 0.15) is 13.8 Å². The fourth-order valence-corrected chi connectivity index (χ4v) is 1.93. The average Bonchev–Trinajstić information content (AvgIpc) is 2.52. The summed E-state index contributed by atoms with van der Waals surface area (Å²) in [4.78, 5) is 0. The smallest absolute Gasteiger partial charge is 0.187 e. The summed E-state index contributed by atoms with van der Waals surface area (Å²) < 4.78 is 21.9. The first kappa shape index (κ1) is 12.0. The molecule has 0 bridgehead atoms. The van der Waals surface area contributed by atoms with Crippen molar-refractivity contribution in [2.45, 2.75) is 44.2 Å². The van der Waals surface area contributed by atoms with Gasteiger partial charge in [0.25, 0.3) is 0 Å². The van der Waals surface area contributed by atoms with Crippen molar-refractivity contribution in [3.05, 3.63) is 12.7 Å². The minimum absolute atomic E-state index is 0.266. The summed E-state index contributed by atoms with van der Waals surface area (Å²) in [5, 5.41) is 9.98.